The molecule has 3 aromatic rings. The Hall–Kier alpha value is -3.12. The molecule has 1 N–H and O–H groups in total. The standard InChI is InChI=1S/C23H24N2O3S/c1-19-12-14-21(15-13-19)25(29(27,28)22-10-6-3-7-11-22)18-23(26)24-17-16-20-8-4-2-5-9-20/h2-15H,16-18H2,1H3,(H,24,26). The minimum atomic E-state index is -3.87. The van der Waals surface area contributed by atoms with Crippen LogP contribution >= 0.6 is 0 Å². The first kappa shape index (κ1) is 20.6. The van der Waals surface area contributed by atoms with Crippen molar-refractivity contribution in [1.29, 1.82) is 0 Å². The summed E-state index contributed by atoms with van der Waals surface area (Å²) < 4.78 is 27.5. The molecule has 5 nitrogen and oxygen atoms in total. The molecule has 0 unspecified atom stereocenters. The zero-order valence-electron chi connectivity index (χ0n) is 16.3. The van der Waals surface area contributed by atoms with E-state index in [1.165, 1.54) is 12.1 Å². The predicted octanol–water partition coefficient (Wildman–Crippen LogP) is 3.55. The minimum absolute atomic E-state index is 0.151. The van der Waals surface area contributed by atoms with E-state index in [9.17, 15) is 13.2 Å². The van der Waals surface area contributed by atoms with Gasteiger partial charge < -0.3 is 5.32 Å². The third-order valence-corrected chi connectivity index (χ3v) is 6.31. The number of benzene rings is 3. The summed E-state index contributed by atoms with van der Waals surface area (Å²) in [6.07, 6.45) is 0.683. The van der Waals surface area contributed by atoms with E-state index in [2.05, 4.69) is 5.32 Å². The summed E-state index contributed by atoms with van der Waals surface area (Å²) in [5.41, 5.74) is 2.58. The van der Waals surface area contributed by atoms with Crippen LogP contribution in [0.3, 0.4) is 0 Å². The monoisotopic (exact) mass is 408 g/mol. The highest BCUT2D eigenvalue weighted by molar-refractivity contribution is 7.92. The average Bonchev–Trinajstić information content (AvgIpc) is 2.74. The molecule has 0 atom stereocenters. The number of carbonyl (C=O) groups is 1. The highest BCUT2D eigenvalue weighted by Crippen LogP contribution is 2.23. The van der Waals surface area contributed by atoms with E-state index in [4.69, 9.17) is 0 Å². The molecule has 0 aliphatic heterocycles. The Morgan fingerprint density at radius 3 is 2.07 bits per heavy atom. The van der Waals surface area contributed by atoms with Crippen LogP contribution in [0.25, 0.3) is 0 Å². The molecule has 0 spiro atoms. The molecule has 0 heterocycles. The third kappa shape index (κ3) is 5.45. The van der Waals surface area contributed by atoms with Crippen LogP contribution in [-0.4, -0.2) is 27.4 Å². The number of rotatable bonds is 8. The molecule has 0 saturated carbocycles. The van der Waals surface area contributed by atoms with Gasteiger partial charge in [-0.05, 0) is 43.2 Å². The van der Waals surface area contributed by atoms with Crippen LogP contribution in [0.15, 0.2) is 89.8 Å². The van der Waals surface area contributed by atoms with E-state index in [1.807, 2.05) is 49.4 Å². The Bertz CT molecular complexity index is 1030. The first-order valence-corrected chi connectivity index (χ1v) is 10.9. The third-order valence-electron chi connectivity index (χ3n) is 4.52. The van der Waals surface area contributed by atoms with Gasteiger partial charge in [-0.1, -0.05) is 66.2 Å². The van der Waals surface area contributed by atoms with E-state index in [1.54, 1.807) is 30.3 Å². The van der Waals surface area contributed by atoms with Crippen molar-refractivity contribution in [3.63, 3.8) is 0 Å². The lowest BCUT2D eigenvalue weighted by atomic mass is 10.1. The SMILES string of the molecule is Cc1ccc(N(CC(=O)NCCc2ccccc2)S(=O)(=O)c2ccccc2)cc1. The Morgan fingerprint density at radius 2 is 1.45 bits per heavy atom. The normalized spacial score (nSPS) is 11.1. The quantitative estimate of drug-likeness (QED) is 0.620. The fourth-order valence-corrected chi connectivity index (χ4v) is 4.37. The van der Waals surface area contributed by atoms with E-state index < -0.39 is 10.0 Å². The lowest BCUT2D eigenvalue weighted by Crippen LogP contribution is -2.41. The van der Waals surface area contributed by atoms with Crippen molar-refractivity contribution < 1.29 is 13.2 Å². The van der Waals surface area contributed by atoms with Crippen molar-refractivity contribution in [2.24, 2.45) is 0 Å². The van der Waals surface area contributed by atoms with Crippen LogP contribution in [0, 0.1) is 6.92 Å². The second-order valence-electron chi connectivity index (χ2n) is 6.75. The predicted molar refractivity (Wildman–Crippen MR) is 115 cm³/mol. The van der Waals surface area contributed by atoms with Gasteiger partial charge in [0.15, 0.2) is 0 Å². The van der Waals surface area contributed by atoms with E-state index in [-0.39, 0.29) is 17.3 Å². The molecule has 0 aliphatic carbocycles. The molecule has 3 aromatic carbocycles. The van der Waals surface area contributed by atoms with E-state index >= 15 is 0 Å². The number of hydrogen-bond acceptors (Lipinski definition) is 3. The van der Waals surface area contributed by atoms with Crippen LogP contribution in [0.1, 0.15) is 11.1 Å². The highest BCUT2D eigenvalue weighted by atomic mass is 32.2. The molecule has 0 aromatic heterocycles. The first-order chi connectivity index (χ1) is 14.0. The van der Waals surface area contributed by atoms with Gasteiger partial charge in [0.1, 0.15) is 6.54 Å². The molecular formula is C23H24N2O3S. The van der Waals surface area contributed by atoms with Crippen LogP contribution < -0.4 is 9.62 Å². The van der Waals surface area contributed by atoms with Gasteiger partial charge in [0.25, 0.3) is 10.0 Å². The Labute approximate surface area is 172 Å². The van der Waals surface area contributed by atoms with Gasteiger partial charge in [0, 0.05) is 6.54 Å². The van der Waals surface area contributed by atoms with Crippen LogP contribution in [-0.2, 0) is 21.2 Å². The first-order valence-electron chi connectivity index (χ1n) is 9.42. The number of hydrogen-bond donors (Lipinski definition) is 1. The molecule has 0 bridgehead atoms. The molecule has 6 heteroatoms. The van der Waals surface area contributed by atoms with Crippen LogP contribution in [0.4, 0.5) is 5.69 Å². The van der Waals surface area contributed by atoms with Crippen molar-refractivity contribution in [2.75, 3.05) is 17.4 Å². The van der Waals surface area contributed by atoms with Gasteiger partial charge >= 0.3 is 0 Å². The second kappa shape index (κ2) is 9.39. The Kier molecular flexibility index (Phi) is 6.67. The molecule has 29 heavy (non-hydrogen) atoms. The summed E-state index contributed by atoms with van der Waals surface area (Å²) >= 11 is 0. The summed E-state index contributed by atoms with van der Waals surface area (Å²) in [6, 6.07) is 25.1. The van der Waals surface area contributed by atoms with Crippen molar-refractivity contribution in [1.82, 2.24) is 5.32 Å². The number of anilines is 1. The molecular weight excluding hydrogens is 384 g/mol. The van der Waals surface area contributed by atoms with Gasteiger partial charge in [-0.15, -0.1) is 0 Å². The van der Waals surface area contributed by atoms with Crippen LogP contribution in [0.5, 0.6) is 0 Å². The maximum atomic E-state index is 13.2. The number of nitrogens with one attached hydrogen (secondary N) is 1. The van der Waals surface area contributed by atoms with Gasteiger partial charge in [-0.3, -0.25) is 9.10 Å². The number of aryl methyl sites for hydroxylation is 1. The molecule has 0 aliphatic rings. The molecule has 0 fully saturated rings. The maximum Gasteiger partial charge on any atom is 0.264 e. The summed E-state index contributed by atoms with van der Waals surface area (Å²) in [5.74, 6) is -0.346. The van der Waals surface area contributed by atoms with Crippen LogP contribution in [0.2, 0.25) is 0 Å². The topological polar surface area (TPSA) is 66.5 Å². The van der Waals surface area contributed by atoms with Crippen molar-refractivity contribution >= 4 is 21.6 Å². The maximum absolute atomic E-state index is 13.2. The number of nitrogens with zero attached hydrogens (tertiary/aromatic N) is 1. The lowest BCUT2D eigenvalue weighted by Gasteiger charge is -2.24. The van der Waals surface area contributed by atoms with E-state index in [0.29, 0.717) is 18.7 Å². The highest BCUT2D eigenvalue weighted by Gasteiger charge is 2.26. The summed E-state index contributed by atoms with van der Waals surface area (Å²) in [6.45, 7) is 2.08. The number of sulfonamides is 1. The fraction of sp³-hybridized carbons (Fsp3) is 0.174. The largest absolute Gasteiger partial charge is 0.354 e. The Balaban J connectivity index is 1.76. The smallest absolute Gasteiger partial charge is 0.264 e. The lowest BCUT2D eigenvalue weighted by molar-refractivity contribution is -0.119. The zero-order valence-corrected chi connectivity index (χ0v) is 17.1. The van der Waals surface area contributed by atoms with Crippen molar-refractivity contribution in [3.8, 4) is 0 Å². The summed E-state index contributed by atoms with van der Waals surface area (Å²) in [4.78, 5) is 12.7. The molecule has 3 rings (SSSR count). The number of carbonyl (C=O) groups excluding carboxylic acids is 1. The van der Waals surface area contributed by atoms with Crippen molar-refractivity contribution in [3.05, 3.63) is 96.1 Å². The van der Waals surface area contributed by atoms with Crippen molar-refractivity contribution in [2.45, 2.75) is 18.2 Å². The fourth-order valence-electron chi connectivity index (χ4n) is 2.92. The molecule has 150 valence electrons. The van der Waals surface area contributed by atoms with Gasteiger partial charge in [0.2, 0.25) is 5.91 Å². The van der Waals surface area contributed by atoms with Gasteiger partial charge in [-0.2, -0.15) is 0 Å². The van der Waals surface area contributed by atoms with Gasteiger partial charge in [-0.25, -0.2) is 8.42 Å². The van der Waals surface area contributed by atoms with Gasteiger partial charge in [0.05, 0.1) is 10.6 Å². The summed E-state index contributed by atoms with van der Waals surface area (Å²) in [7, 11) is -3.87. The molecule has 0 saturated heterocycles. The Morgan fingerprint density at radius 1 is 0.862 bits per heavy atom. The minimum Gasteiger partial charge on any atom is -0.354 e. The molecule has 1 amide bonds. The van der Waals surface area contributed by atoms with E-state index in [0.717, 1.165) is 15.4 Å². The number of amides is 1. The zero-order chi connectivity index (χ0) is 20.7. The summed E-state index contributed by atoms with van der Waals surface area (Å²) in [5, 5.41) is 2.82. The molecule has 0 radical (unpaired) electrons. The second-order valence-corrected chi connectivity index (χ2v) is 8.61. The average molecular weight is 409 g/mol.